The molecule has 2 aromatic carbocycles. The van der Waals surface area contributed by atoms with Gasteiger partial charge in [-0.2, -0.15) is 5.11 Å². The Bertz CT molecular complexity index is 739. The van der Waals surface area contributed by atoms with Gasteiger partial charge in [0.1, 0.15) is 6.61 Å². The van der Waals surface area contributed by atoms with E-state index in [0.29, 0.717) is 11.4 Å². The number of benzene rings is 2. The van der Waals surface area contributed by atoms with E-state index in [0.717, 1.165) is 5.56 Å². The maximum Gasteiger partial charge on any atom is 0.361 e. The lowest BCUT2D eigenvalue weighted by Gasteiger charge is -2.15. The van der Waals surface area contributed by atoms with Crippen LogP contribution in [-0.2, 0) is 9.53 Å². The smallest absolute Gasteiger partial charge is 0.361 e. The highest BCUT2D eigenvalue weighted by molar-refractivity contribution is 5.91. The molecular formula is C18H17N3O2. The Morgan fingerprint density at radius 1 is 1.00 bits per heavy atom. The van der Waals surface area contributed by atoms with E-state index in [2.05, 4.69) is 15.5 Å². The van der Waals surface area contributed by atoms with Crippen LogP contribution in [0.15, 0.2) is 82.3 Å². The molecule has 0 spiro atoms. The summed E-state index contributed by atoms with van der Waals surface area (Å²) in [6, 6.07) is 19.3. The first-order valence-electron chi connectivity index (χ1n) is 7.42. The normalized spacial score (nSPS) is 15.8. The lowest BCUT2D eigenvalue weighted by molar-refractivity contribution is -0.136. The van der Waals surface area contributed by atoms with E-state index >= 15 is 0 Å². The average molecular weight is 307 g/mol. The van der Waals surface area contributed by atoms with Crippen molar-refractivity contribution in [3.63, 3.8) is 0 Å². The molecule has 2 aromatic rings. The minimum absolute atomic E-state index is 0.0441. The SMILES string of the molecule is CC(NC1=C(N=Nc2ccccc2)C(=O)OC1)c1ccccc1. The number of cyclic esters (lactones) is 1. The molecule has 0 fully saturated rings. The van der Waals surface area contributed by atoms with Crippen LogP contribution in [0.2, 0.25) is 0 Å². The van der Waals surface area contributed by atoms with Crippen molar-refractivity contribution in [2.75, 3.05) is 6.61 Å². The van der Waals surface area contributed by atoms with E-state index in [9.17, 15) is 4.79 Å². The number of rotatable bonds is 5. The van der Waals surface area contributed by atoms with Gasteiger partial charge in [0.15, 0.2) is 5.70 Å². The minimum atomic E-state index is -0.451. The van der Waals surface area contributed by atoms with Crippen molar-refractivity contribution in [1.29, 1.82) is 0 Å². The van der Waals surface area contributed by atoms with Crippen molar-refractivity contribution in [1.82, 2.24) is 5.32 Å². The number of nitrogens with zero attached hydrogens (tertiary/aromatic N) is 2. The molecule has 5 heteroatoms. The highest BCUT2D eigenvalue weighted by Gasteiger charge is 2.26. The van der Waals surface area contributed by atoms with E-state index in [1.165, 1.54) is 0 Å². The second kappa shape index (κ2) is 6.87. The third-order valence-electron chi connectivity index (χ3n) is 3.54. The molecule has 1 atom stereocenters. The Labute approximate surface area is 134 Å². The zero-order valence-corrected chi connectivity index (χ0v) is 12.8. The van der Waals surface area contributed by atoms with Gasteiger partial charge in [-0.3, -0.25) is 0 Å². The summed E-state index contributed by atoms with van der Waals surface area (Å²) in [6.07, 6.45) is 0. The summed E-state index contributed by atoms with van der Waals surface area (Å²) in [7, 11) is 0. The molecule has 0 saturated heterocycles. The van der Waals surface area contributed by atoms with Gasteiger partial charge in [-0.05, 0) is 24.6 Å². The standard InChI is InChI=1S/C18H17N3O2/c1-13(14-8-4-2-5-9-14)19-16-12-23-18(22)17(16)21-20-15-10-6-3-7-11-15/h2-11,13,19H,12H2,1H3. The van der Waals surface area contributed by atoms with Gasteiger partial charge in [-0.25, -0.2) is 4.79 Å². The number of azo groups is 1. The van der Waals surface area contributed by atoms with E-state index in [4.69, 9.17) is 4.74 Å². The van der Waals surface area contributed by atoms with Crippen molar-refractivity contribution < 1.29 is 9.53 Å². The van der Waals surface area contributed by atoms with Gasteiger partial charge < -0.3 is 10.1 Å². The predicted octanol–water partition coefficient (Wildman–Crippen LogP) is 3.89. The van der Waals surface area contributed by atoms with Crippen LogP contribution < -0.4 is 5.32 Å². The van der Waals surface area contributed by atoms with Gasteiger partial charge in [0.2, 0.25) is 0 Å². The van der Waals surface area contributed by atoms with Crippen molar-refractivity contribution in [2.24, 2.45) is 10.2 Å². The third-order valence-corrected chi connectivity index (χ3v) is 3.54. The van der Waals surface area contributed by atoms with Crippen molar-refractivity contribution in [2.45, 2.75) is 13.0 Å². The van der Waals surface area contributed by atoms with Crippen LogP contribution in [0.5, 0.6) is 0 Å². The molecule has 5 nitrogen and oxygen atoms in total. The molecule has 1 N–H and O–H groups in total. The van der Waals surface area contributed by atoms with Crippen LogP contribution >= 0.6 is 0 Å². The Morgan fingerprint density at radius 2 is 1.65 bits per heavy atom. The van der Waals surface area contributed by atoms with E-state index in [1.54, 1.807) is 0 Å². The topological polar surface area (TPSA) is 63.0 Å². The van der Waals surface area contributed by atoms with Crippen LogP contribution in [0, 0.1) is 0 Å². The molecule has 0 saturated carbocycles. The molecule has 116 valence electrons. The lowest BCUT2D eigenvalue weighted by atomic mass is 10.1. The summed E-state index contributed by atoms with van der Waals surface area (Å²) in [5, 5.41) is 11.5. The number of carbonyl (C=O) groups is 1. The number of hydrogen-bond donors (Lipinski definition) is 1. The quantitative estimate of drug-likeness (QED) is 0.673. The van der Waals surface area contributed by atoms with Crippen LogP contribution in [0.25, 0.3) is 0 Å². The number of esters is 1. The average Bonchev–Trinajstić information content (AvgIpc) is 2.94. The van der Waals surface area contributed by atoms with Crippen LogP contribution in [0.1, 0.15) is 18.5 Å². The van der Waals surface area contributed by atoms with Crippen LogP contribution in [0.3, 0.4) is 0 Å². The van der Waals surface area contributed by atoms with Gasteiger partial charge in [0.25, 0.3) is 0 Å². The van der Waals surface area contributed by atoms with E-state index in [1.807, 2.05) is 67.6 Å². The molecule has 1 heterocycles. The monoisotopic (exact) mass is 307 g/mol. The third kappa shape index (κ3) is 3.63. The van der Waals surface area contributed by atoms with E-state index < -0.39 is 5.97 Å². The molecule has 0 aromatic heterocycles. The molecular weight excluding hydrogens is 290 g/mol. The number of nitrogens with one attached hydrogen (secondary N) is 1. The maximum atomic E-state index is 11.9. The van der Waals surface area contributed by atoms with Gasteiger partial charge in [0.05, 0.1) is 11.4 Å². The second-order valence-corrected chi connectivity index (χ2v) is 5.22. The largest absolute Gasteiger partial charge is 0.454 e. The van der Waals surface area contributed by atoms with Gasteiger partial charge >= 0.3 is 5.97 Å². The van der Waals surface area contributed by atoms with Crippen LogP contribution in [-0.4, -0.2) is 12.6 Å². The predicted molar refractivity (Wildman–Crippen MR) is 86.9 cm³/mol. The molecule has 0 amide bonds. The summed E-state index contributed by atoms with van der Waals surface area (Å²) < 4.78 is 5.07. The second-order valence-electron chi connectivity index (χ2n) is 5.22. The highest BCUT2D eigenvalue weighted by Crippen LogP contribution is 2.22. The molecule has 3 rings (SSSR count). The number of hydrogen-bond acceptors (Lipinski definition) is 5. The Balaban J connectivity index is 1.79. The molecule has 0 aliphatic carbocycles. The molecule has 1 unspecified atom stereocenters. The Hall–Kier alpha value is -2.95. The summed E-state index contributed by atoms with van der Waals surface area (Å²) in [5.41, 5.74) is 2.71. The van der Waals surface area contributed by atoms with Crippen molar-refractivity contribution in [3.8, 4) is 0 Å². The molecule has 1 aliphatic rings. The summed E-state index contributed by atoms with van der Waals surface area (Å²) in [5.74, 6) is -0.451. The first-order valence-corrected chi connectivity index (χ1v) is 7.42. The summed E-state index contributed by atoms with van der Waals surface area (Å²) in [4.78, 5) is 11.9. The molecule has 23 heavy (non-hydrogen) atoms. The number of ether oxygens (including phenoxy) is 1. The van der Waals surface area contributed by atoms with E-state index in [-0.39, 0.29) is 18.3 Å². The zero-order valence-electron chi connectivity index (χ0n) is 12.8. The maximum absolute atomic E-state index is 11.9. The zero-order chi connectivity index (χ0) is 16.1. The summed E-state index contributed by atoms with van der Waals surface area (Å²) >= 11 is 0. The van der Waals surface area contributed by atoms with Crippen molar-refractivity contribution in [3.05, 3.63) is 77.6 Å². The fourth-order valence-electron chi connectivity index (χ4n) is 2.30. The first-order chi connectivity index (χ1) is 11.2. The minimum Gasteiger partial charge on any atom is -0.454 e. The van der Waals surface area contributed by atoms with Gasteiger partial charge in [0, 0.05) is 6.04 Å². The lowest BCUT2D eigenvalue weighted by Crippen LogP contribution is -2.19. The Kier molecular flexibility index (Phi) is 4.47. The molecule has 0 radical (unpaired) electrons. The van der Waals surface area contributed by atoms with Gasteiger partial charge in [-0.1, -0.05) is 48.5 Å². The van der Waals surface area contributed by atoms with Crippen molar-refractivity contribution >= 4 is 11.7 Å². The highest BCUT2D eigenvalue weighted by atomic mass is 16.5. The Morgan fingerprint density at radius 3 is 2.35 bits per heavy atom. The fraction of sp³-hybridized carbons (Fsp3) is 0.167. The fourth-order valence-corrected chi connectivity index (χ4v) is 2.30. The first kappa shape index (κ1) is 15.0. The molecule has 0 bridgehead atoms. The number of carbonyl (C=O) groups excluding carboxylic acids is 1. The summed E-state index contributed by atoms with van der Waals surface area (Å²) in [6.45, 7) is 2.22. The molecule has 1 aliphatic heterocycles. The van der Waals surface area contributed by atoms with Crippen LogP contribution in [0.4, 0.5) is 5.69 Å². The van der Waals surface area contributed by atoms with Gasteiger partial charge in [-0.15, -0.1) is 5.11 Å².